The summed E-state index contributed by atoms with van der Waals surface area (Å²) < 4.78 is 46.4. The molecule has 0 unspecified atom stereocenters. The maximum Gasteiger partial charge on any atom is 0.150 e. The Hall–Kier alpha value is -2.38. The van der Waals surface area contributed by atoms with Gasteiger partial charge in [-0.3, -0.25) is 0 Å². The van der Waals surface area contributed by atoms with Gasteiger partial charge in [-0.2, -0.15) is 0 Å². The van der Waals surface area contributed by atoms with Gasteiger partial charge >= 0.3 is 0 Å². The number of nitrogens with zero attached hydrogens (tertiary/aromatic N) is 1. The Bertz CT molecular complexity index is 1240. The van der Waals surface area contributed by atoms with Crippen LogP contribution in [0.15, 0.2) is 42.5 Å². The highest BCUT2D eigenvalue weighted by molar-refractivity contribution is 7.91. The van der Waals surface area contributed by atoms with Crippen LogP contribution >= 0.6 is 0 Å². The maximum absolute atomic E-state index is 13.6. The molecule has 3 aromatic rings. The predicted molar refractivity (Wildman–Crippen MR) is 113 cm³/mol. The molecule has 1 saturated heterocycles. The van der Waals surface area contributed by atoms with E-state index < -0.39 is 20.9 Å². The van der Waals surface area contributed by atoms with Crippen LogP contribution in [0.1, 0.15) is 37.9 Å². The molecule has 3 heterocycles. The van der Waals surface area contributed by atoms with Crippen LogP contribution in [0.4, 0.5) is 4.39 Å². The summed E-state index contributed by atoms with van der Waals surface area (Å²) in [5.41, 5.74) is 2.29. The Morgan fingerprint density at radius 3 is 2.40 bits per heavy atom. The van der Waals surface area contributed by atoms with Crippen molar-refractivity contribution in [2.24, 2.45) is 0 Å². The highest BCUT2D eigenvalue weighted by atomic mass is 32.2. The van der Waals surface area contributed by atoms with Crippen LogP contribution in [0.25, 0.3) is 16.6 Å². The van der Waals surface area contributed by atoms with Gasteiger partial charge in [-0.15, -0.1) is 0 Å². The van der Waals surface area contributed by atoms with Crippen molar-refractivity contribution in [2.45, 2.75) is 37.7 Å². The number of benzene rings is 2. The van der Waals surface area contributed by atoms with E-state index in [1.807, 2.05) is 6.07 Å². The molecule has 0 amide bonds. The molecule has 30 heavy (non-hydrogen) atoms. The Balaban J connectivity index is 1.88. The van der Waals surface area contributed by atoms with Crippen LogP contribution in [0, 0.1) is 5.82 Å². The second-order valence-electron chi connectivity index (χ2n) is 9.03. The van der Waals surface area contributed by atoms with Crippen LogP contribution in [0.3, 0.4) is 0 Å². The second kappa shape index (κ2) is 6.31. The van der Waals surface area contributed by atoms with Gasteiger partial charge in [0, 0.05) is 27.7 Å². The lowest BCUT2D eigenvalue weighted by molar-refractivity contribution is -0.0904. The van der Waals surface area contributed by atoms with Crippen LogP contribution < -0.4 is 0 Å². The summed E-state index contributed by atoms with van der Waals surface area (Å²) in [6.07, 6.45) is 0.713. The molecule has 0 atom stereocenters. The number of rotatable bonds is 1. The Morgan fingerprint density at radius 1 is 1.07 bits per heavy atom. The van der Waals surface area contributed by atoms with Crippen molar-refractivity contribution in [3.8, 4) is 11.4 Å². The van der Waals surface area contributed by atoms with E-state index >= 15 is 0 Å². The molecule has 7 heteroatoms. The fourth-order valence-electron chi connectivity index (χ4n) is 4.99. The first-order valence-electron chi connectivity index (χ1n) is 10.1. The van der Waals surface area contributed by atoms with Gasteiger partial charge in [0.15, 0.2) is 9.84 Å². The van der Waals surface area contributed by atoms with Crippen LogP contribution in [0.5, 0.6) is 5.75 Å². The molecule has 5 rings (SSSR count). The molecule has 1 N–H and O–H groups in total. The van der Waals surface area contributed by atoms with E-state index in [-0.39, 0.29) is 23.1 Å². The van der Waals surface area contributed by atoms with Gasteiger partial charge in [0.25, 0.3) is 0 Å². The zero-order chi connectivity index (χ0) is 21.3. The molecule has 1 fully saturated rings. The Morgan fingerprint density at radius 2 is 1.73 bits per heavy atom. The lowest BCUT2D eigenvalue weighted by Crippen LogP contribution is -2.47. The van der Waals surface area contributed by atoms with Gasteiger partial charge in [-0.25, -0.2) is 12.8 Å². The summed E-state index contributed by atoms with van der Waals surface area (Å²) >= 11 is 0. The van der Waals surface area contributed by atoms with Gasteiger partial charge < -0.3 is 14.4 Å². The molecule has 1 aromatic heterocycles. The van der Waals surface area contributed by atoms with Crippen LogP contribution in [0.2, 0.25) is 0 Å². The lowest BCUT2D eigenvalue weighted by atomic mass is 9.75. The van der Waals surface area contributed by atoms with E-state index in [9.17, 15) is 17.9 Å². The number of fused-ring (bicyclic) bond motifs is 4. The van der Waals surface area contributed by atoms with Crippen molar-refractivity contribution in [1.29, 1.82) is 0 Å². The van der Waals surface area contributed by atoms with E-state index in [4.69, 9.17) is 4.74 Å². The van der Waals surface area contributed by atoms with Gasteiger partial charge in [-0.1, -0.05) is 19.9 Å². The monoisotopic (exact) mass is 429 g/mol. The first-order chi connectivity index (χ1) is 14.1. The number of phenols is 1. The van der Waals surface area contributed by atoms with E-state index in [2.05, 4.69) is 18.4 Å². The first kappa shape index (κ1) is 19.6. The zero-order valence-electron chi connectivity index (χ0n) is 17.0. The predicted octanol–water partition coefficient (Wildman–Crippen LogP) is 4.19. The average molecular weight is 430 g/mol. The van der Waals surface area contributed by atoms with E-state index in [0.29, 0.717) is 24.8 Å². The molecule has 0 radical (unpaired) electrons. The van der Waals surface area contributed by atoms with E-state index in [1.54, 1.807) is 24.3 Å². The Labute approximate surface area is 175 Å². The van der Waals surface area contributed by atoms with Crippen molar-refractivity contribution < 1.29 is 22.7 Å². The minimum absolute atomic E-state index is 0.0592. The Kier molecular flexibility index (Phi) is 4.12. The molecular formula is C23H24FNO4S. The summed E-state index contributed by atoms with van der Waals surface area (Å²) in [6.45, 7) is 4.58. The number of phenolic OH excluding ortho intramolecular Hbond substituents is 1. The molecular weight excluding hydrogens is 405 g/mol. The number of sulfone groups is 1. The largest absolute Gasteiger partial charge is 0.507 e. The van der Waals surface area contributed by atoms with Crippen LogP contribution in [-0.4, -0.2) is 36.2 Å². The molecule has 0 bridgehead atoms. The summed E-state index contributed by atoms with van der Waals surface area (Å²) in [5, 5.41) is 11.6. The normalized spacial score (nSPS) is 21.6. The van der Waals surface area contributed by atoms with Gasteiger partial charge in [0.2, 0.25) is 0 Å². The van der Waals surface area contributed by atoms with Gasteiger partial charge in [-0.05, 0) is 49.2 Å². The third kappa shape index (κ3) is 2.79. The zero-order valence-corrected chi connectivity index (χ0v) is 17.8. The molecule has 2 aliphatic rings. The fraction of sp³-hybridized carbons (Fsp3) is 0.391. The second-order valence-corrected chi connectivity index (χ2v) is 11.3. The van der Waals surface area contributed by atoms with Crippen molar-refractivity contribution in [3.05, 3.63) is 59.5 Å². The molecule has 5 nitrogen and oxygen atoms in total. The van der Waals surface area contributed by atoms with Gasteiger partial charge in [0.05, 0.1) is 29.2 Å². The summed E-state index contributed by atoms with van der Waals surface area (Å²) in [7, 11) is -3.09. The van der Waals surface area contributed by atoms with E-state index in [1.165, 1.54) is 12.1 Å². The number of hydrogen-bond donors (Lipinski definition) is 1. The highest BCUT2D eigenvalue weighted by Gasteiger charge is 2.50. The fourth-order valence-corrected chi connectivity index (χ4v) is 6.47. The number of aromatic hydroxyl groups is 1. The summed E-state index contributed by atoms with van der Waals surface area (Å²) in [4.78, 5) is 0. The molecule has 158 valence electrons. The SMILES string of the molecule is CC1(C)COC2(CCS(=O)(=O)CC2)c2c1n(-c1ccc(F)cc1)c1cccc(O)c21. The average Bonchev–Trinajstić information content (AvgIpc) is 3.06. The topological polar surface area (TPSA) is 68.5 Å². The molecule has 0 saturated carbocycles. The van der Waals surface area contributed by atoms with Crippen molar-refractivity contribution >= 4 is 20.7 Å². The molecule has 2 aromatic carbocycles. The summed E-state index contributed by atoms with van der Waals surface area (Å²) in [6, 6.07) is 11.7. The van der Waals surface area contributed by atoms with Crippen LogP contribution in [-0.2, 0) is 25.6 Å². The highest BCUT2D eigenvalue weighted by Crippen LogP contribution is 2.53. The minimum atomic E-state index is -3.09. The lowest BCUT2D eigenvalue weighted by Gasteiger charge is -2.46. The first-order valence-corrected chi connectivity index (χ1v) is 11.9. The number of hydrogen-bond acceptors (Lipinski definition) is 4. The molecule has 1 spiro atoms. The third-order valence-electron chi connectivity index (χ3n) is 6.50. The van der Waals surface area contributed by atoms with E-state index in [0.717, 1.165) is 22.5 Å². The standard InChI is InChI=1S/C23H24FNO4S/c1-22(2)14-29-23(10-12-30(27,28)13-11-23)20-19-17(4-3-5-18(19)26)25(21(20)22)16-8-6-15(24)7-9-16/h3-9,26H,10-14H2,1-2H3. The van der Waals surface area contributed by atoms with Crippen molar-refractivity contribution in [3.63, 3.8) is 0 Å². The smallest absolute Gasteiger partial charge is 0.150 e. The number of aromatic nitrogens is 1. The quantitative estimate of drug-likeness (QED) is 0.630. The third-order valence-corrected chi connectivity index (χ3v) is 8.15. The number of ether oxygens (including phenoxy) is 1. The minimum Gasteiger partial charge on any atom is -0.507 e. The molecule has 0 aliphatic carbocycles. The molecule has 2 aliphatic heterocycles. The number of halogens is 1. The maximum atomic E-state index is 13.6. The van der Waals surface area contributed by atoms with Crippen molar-refractivity contribution in [1.82, 2.24) is 4.57 Å². The summed E-state index contributed by atoms with van der Waals surface area (Å²) in [5.74, 6) is -0.0601. The van der Waals surface area contributed by atoms with Gasteiger partial charge in [0.1, 0.15) is 11.6 Å². The van der Waals surface area contributed by atoms with Crippen molar-refractivity contribution in [2.75, 3.05) is 18.1 Å².